The van der Waals surface area contributed by atoms with Gasteiger partial charge in [-0.2, -0.15) is 0 Å². The average molecular weight is 359 g/mol. The summed E-state index contributed by atoms with van der Waals surface area (Å²) < 4.78 is 5.54. The third-order valence-corrected chi connectivity index (χ3v) is 3.76. The first-order valence-electron chi connectivity index (χ1n) is 8.03. The summed E-state index contributed by atoms with van der Waals surface area (Å²) in [5.74, 6) is -0.377. The molecule has 1 aromatic carbocycles. The Kier molecular flexibility index (Phi) is 10.8. The topological polar surface area (TPSA) is 78.9 Å². The molecule has 1 unspecified atom stereocenters. The van der Waals surface area contributed by atoms with Crippen LogP contribution in [0.5, 0.6) is 0 Å². The van der Waals surface area contributed by atoms with Crippen LogP contribution in [0.4, 0.5) is 10.5 Å². The highest BCUT2D eigenvalue weighted by atomic mass is 35.5. The number of benzene rings is 1. The van der Waals surface area contributed by atoms with Gasteiger partial charge in [-0.15, -0.1) is 12.4 Å². The van der Waals surface area contributed by atoms with Crippen LogP contribution in [0.3, 0.4) is 0 Å². The Bertz CT molecular complexity index is 504. The lowest BCUT2D eigenvalue weighted by molar-refractivity contribution is 0.0250. The predicted octanol–water partition coefficient (Wildman–Crippen LogP) is 3.87. The fourth-order valence-electron chi connectivity index (χ4n) is 2.25. The van der Waals surface area contributed by atoms with Gasteiger partial charge in [-0.25, -0.2) is 9.59 Å². The number of nitrogens with one attached hydrogen (secondary N) is 1. The number of hydrogen-bond donors (Lipinski definition) is 2. The van der Waals surface area contributed by atoms with Crippen LogP contribution in [0.25, 0.3) is 0 Å². The molecule has 1 atom stereocenters. The molecule has 1 amide bonds. The van der Waals surface area contributed by atoms with Crippen LogP contribution in [0.15, 0.2) is 24.3 Å². The Balaban J connectivity index is 0.00000529. The van der Waals surface area contributed by atoms with Gasteiger partial charge in [0.2, 0.25) is 0 Å². The standard InChI is InChI=1S/C17H26N2O4.ClH/c1-4-15(11-12-19(5-2)6-3)23-16(20)13-7-9-14(10-8-13)18-17(21)22;/h7-10,15,18H,4-6,11-12H2,1-3H3,(H,21,22);1H. The molecular formula is C17H27ClN2O4. The minimum absolute atomic E-state index is 0. The maximum atomic E-state index is 12.2. The number of carbonyl (C=O) groups excluding carboxylic acids is 1. The zero-order valence-corrected chi connectivity index (χ0v) is 15.3. The molecule has 0 radical (unpaired) electrons. The monoisotopic (exact) mass is 358 g/mol. The lowest BCUT2D eigenvalue weighted by atomic mass is 10.1. The molecule has 0 saturated heterocycles. The molecule has 136 valence electrons. The summed E-state index contributed by atoms with van der Waals surface area (Å²) in [6, 6.07) is 6.21. The van der Waals surface area contributed by atoms with E-state index in [4.69, 9.17) is 9.84 Å². The molecule has 0 aliphatic heterocycles. The fraction of sp³-hybridized carbons (Fsp3) is 0.529. The van der Waals surface area contributed by atoms with Crippen LogP contribution in [-0.2, 0) is 4.74 Å². The average Bonchev–Trinajstić information content (AvgIpc) is 2.54. The number of hydrogen-bond acceptors (Lipinski definition) is 4. The number of rotatable bonds is 9. The summed E-state index contributed by atoms with van der Waals surface area (Å²) >= 11 is 0. The minimum atomic E-state index is -1.14. The molecule has 7 heteroatoms. The van der Waals surface area contributed by atoms with E-state index >= 15 is 0 Å². The fourth-order valence-corrected chi connectivity index (χ4v) is 2.25. The van der Waals surface area contributed by atoms with Gasteiger partial charge in [-0.1, -0.05) is 20.8 Å². The van der Waals surface area contributed by atoms with Gasteiger partial charge in [-0.05, 0) is 50.2 Å². The van der Waals surface area contributed by atoms with E-state index in [2.05, 4.69) is 24.1 Å². The number of carboxylic acid groups (broad SMARTS) is 1. The summed E-state index contributed by atoms with van der Waals surface area (Å²) in [7, 11) is 0. The lowest BCUT2D eigenvalue weighted by Crippen LogP contribution is -2.28. The molecule has 0 saturated carbocycles. The quantitative estimate of drug-likeness (QED) is 0.655. The van der Waals surface area contributed by atoms with Gasteiger partial charge in [-0.3, -0.25) is 5.32 Å². The Morgan fingerprint density at radius 2 is 1.75 bits per heavy atom. The summed E-state index contributed by atoms with van der Waals surface area (Å²) in [6.45, 7) is 9.10. The molecule has 1 rings (SSSR count). The normalized spacial score (nSPS) is 11.5. The molecule has 0 fully saturated rings. The Labute approximate surface area is 149 Å². The highest BCUT2D eigenvalue weighted by Gasteiger charge is 2.15. The van der Waals surface area contributed by atoms with E-state index in [1.807, 2.05) is 6.92 Å². The van der Waals surface area contributed by atoms with Crippen molar-refractivity contribution >= 4 is 30.2 Å². The zero-order chi connectivity index (χ0) is 17.2. The smallest absolute Gasteiger partial charge is 0.409 e. The lowest BCUT2D eigenvalue weighted by Gasteiger charge is -2.22. The SMILES string of the molecule is CCC(CCN(CC)CC)OC(=O)c1ccc(NC(=O)O)cc1.Cl. The number of anilines is 1. The molecule has 1 aromatic rings. The molecule has 0 aliphatic carbocycles. The summed E-state index contributed by atoms with van der Waals surface area (Å²) in [6.07, 6.45) is 0.330. The van der Waals surface area contributed by atoms with Crippen molar-refractivity contribution in [2.45, 2.75) is 39.7 Å². The molecule has 6 nitrogen and oxygen atoms in total. The first-order valence-corrected chi connectivity index (χ1v) is 8.03. The minimum Gasteiger partial charge on any atom is -0.465 e. The first kappa shape index (κ1) is 22.2. The maximum Gasteiger partial charge on any atom is 0.409 e. The van der Waals surface area contributed by atoms with Crippen molar-refractivity contribution in [2.24, 2.45) is 0 Å². The van der Waals surface area contributed by atoms with Crippen LogP contribution < -0.4 is 5.32 Å². The van der Waals surface area contributed by atoms with Crippen molar-refractivity contribution in [3.63, 3.8) is 0 Å². The summed E-state index contributed by atoms with van der Waals surface area (Å²) in [5, 5.41) is 10.9. The van der Waals surface area contributed by atoms with E-state index in [0.717, 1.165) is 32.5 Å². The van der Waals surface area contributed by atoms with E-state index in [0.29, 0.717) is 11.3 Å². The maximum absolute atomic E-state index is 12.2. The molecule has 24 heavy (non-hydrogen) atoms. The van der Waals surface area contributed by atoms with Crippen LogP contribution in [0.2, 0.25) is 0 Å². The molecule has 0 aliphatic rings. The van der Waals surface area contributed by atoms with Gasteiger partial charge in [0.05, 0.1) is 5.56 Å². The van der Waals surface area contributed by atoms with Gasteiger partial charge >= 0.3 is 12.1 Å². The highest BCUT2D eigenvalue weighted by Crippen LogP contribution is 2.13. The summed E-state index contributed by atoms with van der Waals surface area (Å²) in [4.78, 5) is 25.0. The first-order chi connectivity index (χ1) is 11.0. The Morgan fingerprint density at radius 1 is 1.17 bits per heavy atom. The largest absolute Gasteiger partial charge is 0.465 e. The van der Waals surface area contributed by atoms with Crippen molar-refractivity contribution in [3.05, 3.63) is 29.8 Å². The second-order valence-electron chi connectivity index (χ2n) is 5.26. The number of carbonyl (C=O) groups is 2. The number of amides is 1. The number of nitrogens with zero attached hydrogens (tertiary/aromatic N) is 1. The van der Waals surface area contributed by atoms with E-state index in [1.165, 1.54) is 0 Å². The summed E-state index contributed by atoms with van der Waals surface area (Å²) in [5.41, 5.74) is 0.838. The molecule has 0 spiro atoms. The molecule has 0 aromatic heterocycles. The van der Waals surface area contributed by atoms with Crippen molar-refractivity contribution < 1.29 is 19.4 Å². The van der Waals surface area contributed by atoms with Crippen molar-refractivity contribution in [3.8, 4) is 0 Å². The van der Waals surface area contributed by atoms with Crippen molar-refractivity contribution in [1.82, 2.24) is 4.90 Å². The zero-order valence-electron chi connectivity index (χ0n) is 14.4. The third-order valence-electron chi connectivity index (χ3n) is 3.76. The van der Waals surface area contributed by atoms with Crippen LogP contribution in [0, 0.1) is 0 Å². The third kappa shape index (κ3) is 7.66. The predicted molar refractivity (Wildman–Crippen MR) is 97.2 cm³/mol. The Hall–Kier alpha value is -1.79. The second kappa shape index (κ2) is 11.7. The highest BCUT2D eigenvalue weighted by molar-refractivity contribution is 5.91. The van der Waals surface area contributed by atoms with Gasteiger partial charge < -0.3 is 14.7 Å². The van der Waals surface area contributed by atoms with Crippen molar-refractivity contribution in [2.75, 3.05) is 25.0 Å². The van der Waals surface area contributed by atoms with Crippen LogP contribution in [-0.4, -0.2) is 47.8 Å². The van der Waals surface area contributed by atoms with Crippen LogP contribution in [0.1, 0.15) is 44.0 Å². The Morgan fingerprint density at radius 3 is 2.21 bits per heavy atom. The van der Waals surface area contributed by atoms with E-state index < -0.39 is 6.09 Å². The molecule has 0 bridgehead atoms. The van der Waals surface area contributed by atoms with Crippen LogP contribution >= 0.6 is 12.4 Å². The number of halogens is 1. The van der Waals surface area contributed by atoms with Gasteiger partial charge in [0, 0.05) is 12.2 Å². The van der Waals surface area contributed by atoms with Gasteiger partial charge in [0.25, 0.3) is 0 Å². The second-order valence-corrected chi connectivity index (χ2v) is 5.26. The van der Waals surface area contributed by atoms with Gasteiger partial charge in [0.15, 0.2) is 0 Å². The number of ether oxygens (including phenoxy) is 1. The van der Waals surface area contributed by atoms with Gasteiger partial charge in [0.1, 0.15) is 6.10 Å². The van der Waals surface area contributed by atoms with Crippen molar-refractivity contribution in [1.29, 1.82) is 0 Å². The molecule has 2 N–H and O–H groups in total. The van der Waals surface area contributed by atoms with E-state index in [-0.39, 0.29) is 24.5 Å². The number of esters is 1. The van der Waals surface area contributed by atoms with E-state index in [9.17, 15) is 9.59 Å². The molecule has 0 heterocycles. The van der Waals surface area contributed by atoms with E-state index in [1.54, 1.807) is 24.3 Å². The molecular weight excluding hydrogens is 332 g/mol.